The van der Waals surface area contributed by atoms with Crippen LogP contribution in [0, 0.1) is 0 Å². The van der Waals surface area contributed by atoms with Gasteiger partial charge in [0.1, 0.15) is 5.75 Å². The molecule has 1 saturated carbocycles. The molecule has 0 spiro atoms. The van der Waals surface area contributed by atoms with Gasteiger partial charge in [-0.15, -0.1) is 0 Å². The maximum Gasteiger partial charge on any atom is 0.294 e. The van der Waals surface area contributed by atoms with E-state index in [1.54, 1.807) is 7.11 Å². The molecule has 1 heterocycles. The largest absolute Gasteiger partial charge is 0.495 e. The van der Waals surface area contributed by atoms with E-state index in [0.717, 1.165) is 12.4 Å². The van der Waals surface area contributed by atoms with Crippen LogP contribution in [0.15, 0.2) is 23.2 Å². The van der Waals surface area contributed by atoms with Gasteiger partial charge in [0.15, 0.2) is 0 Å². The molecule has 0 atom stereocenters. The number of halogens is 1. The fraction of sp³-hybridized carbons (Fsp3) is 0.650. The van der Waals surface area contributed by atoms with Crippen LogP contribution in [0.4, 0.5) is 5.69 Å². The molecule has 0 unspecified atom stereocenters. The second-order valence-corrected chi connectivity index (χ2v) is 7.78. The number of anilines is 1. The Morgan fingerprint density at radius 3 is 2.50 bits per heavy atom. The number of aliphatic imine (C=N–C) groups is 1. The smallest absolute Gasteiger partial charge is 0.294 e. The quantitative estimate of drug-likeness (QED) is 0.698. The van der Waals surface area contributed by atoms with Gasteiger partial charge in [0.25, 0.3) is 6.02 Å². The van der Waals surface area contributed by atoms with Crippen molar-refractivity contribution >= 4 is 23.3 Å². The Bertz CT molecular complexity index is 627. The van der Waals surface area contributed by atoms with Crippen LogP contribution in [-0.4, -0.2) is 43.5 Å². The fourth-order valence-corrected chi connectivity index (χ4v) is 3.96. The third-order valence-electron chi connectivity index (χ3n) is 5.07. The summed E-state index contributed by atoms with van der Waals surface area (Å²) in [5, 5.41) is 0.598. The molecule has 0 amide bonds. The van der Waals surface area contributed by atoms with E-state index in [4.69, 9.17) is 26.1 Å². The van der Waals surface area contributed by atoms with Gasteiger partial charge < -0.3 is 9.47 Å². The minimum atomic E-state index is 0.0781. The fourth-order valence-electron chi connectivity index (χ4n) is 3.70. The van der Waals surface area contributed by atoms with Gasteiger partial charge in [-0.2, -0.15) is 0 Å². The van der Waals surface area contributed by atoms with E-state index in [2.05, 4.69) is 9.80 Å². The molecule has 1 aliphatic heterocycles. The second-order valence-electron chi connectivity index (χ2n) is 7.37. The number of rotatable bonds is 4. The van der Waals surface area contributed by atoms with Crippen molar-refractivity contribution in [2.24, 2.45) is 4.99 Å². The Balaban J connectivity index is 1.84. The lowest BCUT2D eigenvalue weighted by atomic mass is 10.1. The van der Waals surface area contributed by atoms with Gasteiger partial charge in [-0.3, -0.25) is 9.80 Å². The van der Waals surface area contributed by atoms with Crippen molar-refractivity contribution in [3.05, 3.63) is 23.2 Å². The molecule has 2 aliphatic rings. The topological polar surface area (TPSA) is 37.3 Å². The van der Waals surface area contributed by atoms with Crippen molar-refractivity contribution in [1.82, 2.24) is 4.90 Å². The zero-order chi connectivity index (χ0) is 18.5. The molecule has 144 valence electrons. The van der Waals surface area contributed by atoms with Crippen molar-refractivity contribution < 1.29 is 9.47 Å². The first kappa shape index (κ1) is 19.3. The van der Waals surface area contributed by atoms with Crippen LogP contribution >= 0.6 is 11.6 Å². The molecular weight excluding hydrogens is 350 g/mol. The summed E-state index contributed by atoms with van der Waals surface area (Å²) in [5.41, 5.74) is 0.980. The minimum Gasteiger partial charge on any atom is -0.495 e. The predicted molar refractivity (Wildman–Crippen MR) is 107 cm³/mol. The summed E-state index contributed by atoms with van der Waals surface area (Å²) in [6, 6.07) is 7.11. The van der Waals surface area contributed by atoms with E-state index < -0.39 is 0 Å². The molecular formula is C20H30ClN3O2. The molecule has 1 aromatic carbocycles. The monoisotopic (exact) mass is 379 g/mol. The molecule has 3 rings (SSSR count). The van der Waals surface area contributed by atoms with E-state index in [1.165, 1.54) is 38.5 Å². The first-order valence-electron chi connectivity index (χ1n) is 9.64. The zero-order valence-corrected chi connectivity index (χ0v) is 16.8. The lowest BCUT2D eigenvalue weighted by molar-refractivity contribution is 0.157. The summed E-state index contributed by atoms with van der Waals surface area (Å²) in [6.45, 7) is 5.53. The molecule has 0 aromatic heterocycles. The first-order chi connectivity index (χ1) is 12.6. The lowest BCUT2D eigenvalue weighted by Gasteiger charge is -2.39. The summed E-state index contributed by atoms with van der Waals surface area (Å²) < 4.78 is 11.3. The highest BCUT2D eigenvalue weighted by molar-refractivity contribution is 6.32. The third kappa shape index (κ3) is 4.63. The Hall–Kier alpha value is -1.46. The summed E-state index contributed by atoms with van der Waals surface area (Å²) >= 11 is 6.36. The van der Waals surface area contributed by atoms with Crippen LogP contribution in [0.25, 0.3) is 0 Å². The molecule has 0 radical (unpaired) electrons. The number of hydrogen-bond donors (Lipinski definition) is 0. The Morgan fingerprint density at radius 2 is 1.88 bits per heavy atom. The van der Waals surface area contributed by atoms with Crippen LogP contribution in [-0.2, 0) is 4.74 Å². The summed E-state index contributed by atoms with van der Waals surface area (Å²) in [6.07, 6.45) is 7.93. The number of benzene rings is 1. The predicted octanol–water partition coefficient (Wildman–Crippen LogP) is 4.89. The number of hydrogen-bond acceptors (Lipinski definition) is 5. The van der Waals surface area contributed by atoms with Crippen molar-refractivity contribution in [2.75, 3.05) is 25.3 Å². The average Bonchev–Trinajstić information content (AvgIpc) is 2.91. The van der Waals surface area contributed by atoms with Crippen molar-refractivity contribution in [3.8, 4) is 5.75 Å². The van der Waals surface area contributed by atoms with Crippen molar-refractivity contribution in [3.63, 3.8) is 0 Å². The summed E-state index contributed by atoms with van der Waals surface area (Å²) in [4.78, 5) is 9.35. The number of ether oxygens (including phenoxy) is 2. The normalized spacial score (nSPS) is 20.0. The maximum absolute atomic E-state index is 6.36. The third-order valence-corrected chi connectivity index (χ3v) is 5.37. The van der Waals surface area contributed by atoms with Crippen LogP contribution in [0.1, 0.15) is 52.4 Å². The highest BCUT2D eigenvalue weighted by Crippen LogP contribution is 2.31. The SMILES string of the molecule is COc1ccc(N2CN(C3CCCCCC3)CN=C2OC(C)C)cc1Cl. The molecule has 26 heavy (non-hydrogen) atoms. The highest BCUT2D eigenvalue weighted by atomic mass is 35.5. The van der Waals surface area contributed by atoms with Gasteiger partial charge in [-0.1, -0.05) is 37.3 Å². The Kier molecular flexibility index (Phi) is 6.65. The molecule has 1 fully saturated rings. The molecule has 0 N–H and O–H groups in total. The molecule has 1 aliphatic carbocycles. The lowest BCUT2D eigenvalue weighted by Crippen LogP contribution is -2.51. The standard InChI is InChI=1S/C20H30ClN3O2/c1-15(2)26-20-22-13-23(16-8-6-4-5-7-9-16)14-24(20)17-10-11-19(25-3)18(21)12-17/h10-12,15-16H,4-9,13-14H2,1-3H3. The number of methoxy groups -OCH3 is 1. The Labute approximate surface area is 161 Å². The number of amidine groups is 1. The van der Waals surface area contributed by atoms with Gasteiger partial charge in [-0.05, 0) is 44.9 Å². The summed E-state index contributed by atoms with van der Waals surface area (Å²) in [7, 11) is 1.63. The molecule has 6 heteroatoms. The van der Waals surface area contributed by atoms with Gasteiger partial charge in [0.2, 0.25) is 0 Å². The Morgan fingerprint density at radius 1 is 1.15 bits per heavy atom. The first-order valence-corrected chi connectivity index (χ1v) is 10.0. The molecule has 0 bridgehead atoms. The minimum absolute atomic E-state index is 0.0781. The number of nitrogens with zero attached hydrogens (tertiary/aromatic N) is 3. The molecule has 5 nitrogen and oxygen atoms in total. The van der Waals surface area contributed by atoms with Crippen molar-refractivity contribution in [1.29, 1.82) is 0 Å². The second kappa shape index (κ2) is 8.96. The van der Waals surface area contributed by atoms with E-state index in [1.807, 2.05) is 32.0 Å². The maximum atomic E-state index is 6.36. The average molecular weight is 380 g/mol. The van der Waals surface area contributed by atoms with Crippen molar-refractivity contribution in [2.45, 2.75) is 64.5 Å². The van der Waals surface area contributed by atoms with Gasteiger partial charge in [0, 0.05) is 11.7 Å². The zero-order valence-electron chi connectivity index (χ0n) is 16.1. The molecule has 1 aromatic rings. The van der Waals surface area contributed by atoms with E-state index >= 15 is 0 Å². The van der Waals surface area contributed by atoms with Gasteiger partial charge >= 0.3 is 0 Å². The summed E-state index contributed by atoms with van der Waals surface area (Å²) in [5.74, 6) is 0.677. The van der Waals surface area contributed by atoms with Crippen LogP contribution in [0.5, 0.6) is 5.75 Å². The van der Waals surface area contributed by atoms with Gasteiger partial charge in [0.05, 0.1) is 31.6 Å². The highest BCUT2D eigenvalue weighted by Gasteiger charge is 2.29. The van der Waals surface area contributed by atoms with E-state index in [9.17, 15) is 0 Å². The van der Waals surface area contributed by atoms with Crippen LogP contribution < -0.4 is 9.64 Å². The van der Waals surface area contributed by atoms with Crippen LogP contribution in [0.3, 0.4) is 0 Å². The molecule has 0 saturated heterocycles. The van der Waals surface area contributed by atoms with E-state index in [-0.39, 0.29) is 6.10 Å². The van der Waals surface area contributed by atoms with E-state index in [0.29, 0.717) is 29.5 Å². The van der Waals surface area contributed by atoms with Crippen LogP contribution in [0.2, 0.25) is 5.02 Å². The van der Waals surface area contributed by atoms with Gasteiger partial charge in [-0.25, -0.2) is 4.99 Å².